The fourth-order valence-electron chi connectivity index (χ4n) is 2.66. The number of methoxy groups -OCH3 is 1. The highest BCUT2D eigenvalue weighted by Crippen LogP contribution is 2.25. The Bertz CT molecular complexity index is 1000. The lowest BCUT2D eigenvalue weighted by Crippen LogP contribution is -2.17. The quantitative estimate of drug-likeness (QED) is 0.765. The fraction of sp³-hybridized carbons (Fsp3) is 0.238. The first-order valence-electron chi connectivity index (χ1n) is 8.70. The van der Waals surface area contributed by atoms with Crippen molar-refractivity contribution in [3.8, 4) is 23.1 Å². The first-order valence-corrected chi connectivity index (χ1v) is 8.70. The normalized spacial score (nSPS) is 9.74. The molecule has 2 heterocycles. The van der Waals surface area contributed by atoms with Gasteiger partial charge in [0.15, 0.2) is 0 Å². The smallest absolute Gasteiger partial charge is 0.269 e. The van der Waals surface area contributed by atoms with E-state index in [9.17, 15) is 4.79 Å². The van der Waals surface area contributed by atoms with Crippen molar-refractivity contribution in [3.63, 3.8) is 0 Å². The number of aryl methyl sites for hydroxylation is 1. The van der Waals surface area contributed by atoms with Gasteiger partial charge in [0.1, 0.15) is 17.5 Å². The summed E-state index contributed by atoms with van der Waals surface area (Å²) in [7, 11) is 1.57. The number of H-pyrrole nitrogens is 1. The molecule has 0 unspecified atom stereocenters. The summed E-state index contributed by atoms with van der Waals surface area (Å²) in [5.74, 6) is 1.07. The van der Waals surface area contributed by atoms with Gasteiger partial charge in [0, 0.05) is 24.2 Å². The number of nitriles is 1. The monoisotopic (exact) mass is 362 g/mol. The Morgan fingerprint density at radius 2 is 1.93 bits per heavy atom. The van der Waals surface area contributed by atoms with Crippen molar-refractivity contribution in [2.45, 2.75) is 27.2 Å². The van der Waals surface area contributed by atoms with Crippen LogP contribution in [0.4, 0.5) is 0 Å². The maximum absolute atomic E-state index is 12.0. The van der Waals surface area contributed by atoms with Gasteiger partial charge in [0.2, 0.25) is 5.88 Å². The number of aromatic amines is 1. The number of nitrogens with one attached hydrogen (secondary N) is 1. The first kappa shape index (κ1) is 19.9. The predicted molar refractivity (Wildman–Crippen MR) is 105 cm³/mol. The number of benzene rings is 1. The van der Waals surface area contributed by atoms with Crippen LogP contribution < -0.4 is 10.3 Å². The molecule has 0 aliphatic heterocycles. The second-order valence-corrected chi connectivity index (χ2v) is 5.51. The highest BCUT2D eigenvalue weighted by Gasteiger charge is 2.11. The third kappa shape index (κ3) is 4.59. The van der Waals surface area contributed by atoms with Crippen LogP contribution in [0.25, 0.3) is 11.1 Å². The van der Waals surface area contributed by atoms with Crippen LogP contribution in [0, 0.1) is 18.3 Å². The van der Waals surface area contributed by atoms with Gasteiger partial charge in [-0.25, -0.2) is 9.97 Å². The first-order chi connectivity index (χ1) is 13.1. The zero-order valence-electron chi connectivity index (χ0n) is 15.9. The molecular formula is C21H22N4O2. The fourth-order valence-corrected chi connectivity index (χ4v) is 2.66. The van der Waals surface area contributed by atoms with Gasteiger partial charge in [-0.2, -0.15) is 5.26 Å². The van der Waals surface area contributed by atoms with Crippen LogP contribution in [-0.4, -0.2) is 22.1 Å². The molecule has 0 spiro atoms. The summed E-state index contributed by atoms with van der Waals surface area (Å²) in [6, 6.07) is 13.5. The van der Waals surface area contributed by atoms with Gasteiger partial charge in [0.25, 0.3) is 5.56 Å². The van der Waals surface area contributed by atoms with E-state index in [-0.39, 0.29) is 5.56 Å². The molecule has 0 saturated carbocycles. The molecule has 1 aromatic carbocycles. The summed E-state index contributed by atoms with van der Waals surface area (Å²) in [5.41, 5.74) is 3.03. The van der Waals surface area contributed by atoms with Gasteiger partial charge in [-0.3, -0.25) is 4.79 Å². The highest BCUT2D eigenvalue weighted by atomic mass is 16.5. The molecule has 0 saturated heterocycles. The van der Waals surface area contributed by atoms with E-state index in [1.165, 1.54) is 0 Å². The summed E-state index contributed by atoms with van der Waals surface area (Å²) in [5, 5.41) is 8.99. The minimum absolute atomic E-state index is 0.0522. The van der Waals surface area contributed by atoms with E-state index in [4.69, 9.17) is 10.00 Å². The molecule has 138 valence electrons. The number of aromatic nitrogens is 3. The Kier molecular flexibility index (Phi) is 6.84. The van der Waals surface area contributed by atoms with Crippen LogP contribution >= 0.6 is 0 Å². The van der Waals surface area contributed by atoms with Crippen LogP contribution in [0.15, 0.2) is 47.4 Å². The largest absolute Gasteiger partial charge is 0.481 e. The molecule has 6 nitrogen and oxygen atoms in total. The van der Waals surface area contributed by atoms with E-state index in [0.717, 1.165) is 16.7 Å². The lowest BCUT2D eigenvalue weighted by atomic mass is 9.98. The number of nitrogens with zero attached hydrogens (tertiary/aromatic N) is 3. The van der Waals surface area contributed by atoms with Crippen molar-refractivity contribution in [2.24, 2.45) is 0 Å². The Labute approximate surface area is 158 Å². The average molecular weight is 362 g/mol. The van der Waals surface area contributed by atoms with Crippen molar-refractivity contribution >= 4 is 0 Å². The SMILES string of the molecule is CC.COc1ccc(-c2ccccc2Cc2nc(C)c(C#N)c(=O)[nH]2)cn1. The highest BCUT2D eigenvalue weighted by molar-refractivity contribution is 5.67. The molecule has 2 aromatic heterocycles. The Morgan fingerprint density at radius 1 is 1.19 bits per heavy atom. The molecule has 1 N–H and O–H groups in total. The summed E-state index contributed by atoms with van der Waals surface area (Å²) in [6.07, 6.45) is 2.20. The molecule has 27 heavy (non-hydrogen) atoms. The van der Waals surface area contributed by atoms with Crippen molar-refractivity contribution in [3.05, 3.63) is 75.6 Å². The van der Waals surface area contributed by atoms with Crippen molar-refractivity contribution in [2.75, 3.05) is 7.11 Å². The minimum atomic E-state index is -0.409. The summed E-state index contributed by atoms with van der Waals surface area (Å²) >= 11 is 0. The lowest BCUT2D eigenvalue weighted by Gasteiger charge is -2.10. The van der Waals surface area contributed by atoms with Gasteiger partial charge in [-0.15, -0.1) is 0 Å². The maximum Gasteiger partial charge on any atom is 0.269 e. The standard InChI is InChI=1S/C19H16N4O2.C2H6/c1-12-16(10-20)19(24)23-17(22-12)9-13-5-3-4-6-15(13)14-7-8-18(25-2)21-11-14;1-2/h3-8,11H,9H2,1-2H3,(H,22,23,24);1-2H3. The third-order valence-electron chi connectivity index (χ3n) is 3.89. The molecule has 3 rings (SSSR count). The number of rotatable bonds is 4. The number of hydrogen-bond acceptors (Lipinski definition) is 5. The van der Waals surface area contributed by atoms with Crippen LogP contribution in [0.2, 0.25) is 0 Å². The summed E-state index contributed by atoms with van der Waals surface area (Å²) in [4.78, 5) is 23.2. The van der Waals surface area contributed by atoms with E-state index >= 15 is 0 Å². The van der Waals surface area contributed by atoms with E-state index in [1.807, 2.05) is 50.2 Å². The second kappa shape index (κ2) is 9.30. The number of pyridine rings is 1. The number of ether oxygens (including phenoxy) is 1. The Balaban J connectivity index is 0.00000126. The predicted octanol–water partition coefficient (Wildman–Crippen LogP) is 3.64. The number of hydrogen-bond donors (Lipinski definition) is 1. The van der Waals surface area contributed by atoms with Crippen LogP contribution in [0.3, 0.4) is 0 Å². The topological polar surface area (TPSA) is 91.7 Å². The summed E-state index contributed by atoms with van der Waals surface area (Å²) in [6.45, 7) is 5.66. The van der Waals surface area contributed by atoms with E-state index in [0.29, 0.717) is 23.8 Å². The molecule has 0 fully saturated rings. The molecule has 3 aromatic rings. The second-order valence-electron chi connectivity index (χ2n) is 5.51. The third-order valence-corrected chi connectivity index (χ3v) is 3.89. The molecule has 6 heteroatoms. The molecule has 0 amide bonds. The zero-order chi connectivity index (χ0) is 19.8. The van der Waals surface area contributed by atoms with Crippen molar-refractivity contribution in [1.82, 2.24) is 15.0 Å². The van der Waals surface area contributed by atoms with Gasteiger partial charge in [0.05, 0.1) is 12.8 Å². The minimum Gasteiger partial charge on any atom is -0.481 e. The molecule has 0 aliphatic carbocycles. The molecule has 0 atom stereocenters. The average Bonchev–Trinajstić information content (AvgIpc) is 2.70. The summed E-state index contributed by atoms with van der Waals surface area (Å²) < 4.78 is 5.09. The van der Waals surface area contributed by atoms with Gasteiger partial charge < -0.3 is 9.72 Å². The van der Waals surface area contributed by atoms with Crippen LogP contribution in [-0.2, 0) is 6.42 Å². The molecule has 0 bridgehead atoms. The van der Waals surface area contributed by atoms with Crippen LogP contribution in [0.5, 0.6) is 5.88 Å². The van der Waals surface area contributed by atoms with Crippen molar-refractivity contribution in [1.29, 1.82) is 5.26 Å². The van der Waals surface area contributed by atoms with Gasteiger partial charge in [-0.05, 0) is 24.1 Å². The van der Waals surface area contributed by atoms with E-state index < -0.39 is 5.56 Å². The van der Waals surface area contributed by atoms with E-state index in [1.54, 1.807) is 26.3 Å². The zero-order valence-corrected chi connectivity index (χ0v) is 15.9. The lowest BCUT2D eigenvalue weighted by molar-refractivity contribution is 0.398. The molecule has 0 aliphatic rings. The maximum atomic E-state index is 12.0. The van der Waals surface area contributed by atoms with Gasteiger partial charge in [-0.1, -0.05) is 38.1 Å². The Hall–Kier alpha value is -3.46. The van der Waals surface area contributed by atoms with Gasteiger partial charge >= 0.3 is 0 Å². The van der Waals surface area contributed by atoms with Crippen LogP contribution in [0.1, 0.15) is 36.5 Å². The molecule has 0 radical (unpaired) electrons. The molecular weight excluding hydrogens is 340 g/mol. The van der Waals surface area contributed by atoms with E-state index in [2.05, 4.69) is 15.0 Å². The van der Waals surface area contributed by atoms with Crippen molar-refractivity contribution < 1.29 is 4.74 Å². The Morgan fingerprint density at radius 3 is 2.52 bits per heavy atom.